The van der Waals surface area contributed by atoms with Crippen LogP contribution >= 0.6 is 0 Å². The van der Waals surface area contributed by atoms with Gasteiger partial charge in [0.25, 0.3) is 0 Å². The molecular formula is C29H33N7. The Balaban J connectivity index is 1.17. The lowest BCUT2D eigenvalue weighted by Gasteiger charge is -2.38. The molecule has 5 heterocycles. The molecule has 7 rings (SSSR count). The summed E-state index contributed by atoms with van der Waals surface area (Å²) in [5, 5.41) is 3.55. The van der Waals surface area contributed by atoms with Crippen molar-refractivity contribution in [2.75, 3.05) is 23.3 Å². The van der Waals surface area contributed by atoms with E-state index in [-0.39, 0.29) is 6.04 Å². The molecule has 0 spiro atoms. The average Bonchev–Trinajstić information content (AvgIpc) is 3.72. The van der Waals surface area contributed by atoms with Crippen LogP contribution in [0, 0.1) is 0 Å². The van der Waals surface area contributed by atoms with Gasteiger partial charge in [-0.05, 0) is 43.9 Å². The van der Waals surface area contributed by atoms with Crippen molar-refractivity contribution in [2.45, 2.75) is 63.2 Å². The van der Waals surface area contributed by atoms with Crippen LogP contribution in [0.5, 0.6) is 0 Å². The fourth-order valence-corrected chi connectivity index (χ4v) is 6.60. The molecule has 7 heteroatoms. The second-order valence-electron chi connectivity index (χ2n) is 10.6. The van der Waals surface area contributed by atoms with Gasteiger partial charge in [0.2, 0.25) is 5.95 Å². The molecule has 184 valence electrons. The van der Waals surface area contributed by atoms with Crippen molar-refractivity contribution in [1.82, 2.24) is 24.3 Å². The van der Waals surface area contributed by atoms with Gasteiger partial charge in [-0.3, -0.25) is 9.30 Å². The van der Waals surface area contributed by atoms with Crippen LogP contribution in [0.3, 0.4) is 0 Å². The number of nitrogens with zero attached hydrogens (tertiary/aromatic N) is 6. The van der Waals surface area contributed by atoms with E-state index in [1.165, 1.54) is 37.7 Å². The molecular weight excluding hydrogens is 446 g/mol. The van der Waals surface area contributed by atoms with Gasteiger partial charge in [-0.25, -0.2) is 15.0 Å². The van der Waals surface area contributed by atoms with E-state index in [9.17, 15) is 0 Å². The van der Waals surface area contributed by atoms with Crippen molar-refractivity contribution < 1.29 is 0 Å². The number of hydrogen-bond donors (Lipinski definition) is 1. The molecule has 0 unspecified atom stereocenters. The quantitative estimate of drug-likeness (QED) is 0.412. The molecule has 36 heavy (non-hydrogen) atoms. The Kier molecular flexibility index (Phi) is 5.38. The predicted octanol–water partition coefficient (Wildman–Crippen LogP) is 5.17. The summed E-state index contributed by atoms with van der Waals surface area (Å²) in [5.74, 6) is 1.87. The third kappa shape index (κ3) is 3.82. The monoisotopic (exact) mass is 479 g/mol. The SMILES string of the molecule is C[C@H](Nc1cc(-c2cc3nccn3c(N3C[C@@H]4C[C@H]3CN4C3CCCC3)n2)ccn1)c1ccccc1. The van der Waals surface area contributed by atoms with Crippen LogP contribution in [0.15, 0.2) is 67.1 Å². The second kappa shape index (κ2) is 8.89. The highest BCUT2D eigenvalue weighted by Gasteiger charge is 2.47. The number of aromatic nitrogens is 4. The molecule has 3 aromatic heterocycles. The summed E-state index contributed by atoms with van der Waals surface area (Å²) in [6.07, 6.45) is 12.6. The first kappa shape index (κ1) is 21.8. The van der Waals surface area contributed by atoms with E-state index in [1.807, 2.05) is 30.7 Å². The summed E-state index contributed by atoms with van der Waals surface area (Å²) >= 11 is 0. The van der Waals surface area contributed by atoms with Crippen molar-refractivity contribution >= 4 is 17.4 Å². The topological polar surface area (TPSA) is 61.6 Å². The van der Waals surface area contributed by atoms with E-state index < -0.39 is 0 Å². The van der Waals surface area contributed by atoms with Crippen molar-refractivity contribution in [3.05, 3.63) is 72.7 Å². The molecule has 2 aliphatic heterocycles. The Bertz CT molecular complexity index is 1360. The molecule has 3 fully saturated rings. The molecule has 2 saturated heterocycles. The van der Waals surface area contributed by atoms with Crippen LogP contribution in [0.1, 0.15) is 50.6 Å². The van der Waals surface area contributed by atoms with Crippen LogP contribution in [0.4, 0.5) is 11.8 Å². The van der Waals surface area contributed by atoms with Gasteiger partial charge in [-0.15, -0.1) is 0 Å². The maximum Gasteiger partial charge on any atom is 0.212 e. The Morgan fingerprint density at radius 1 is 0.917 bits per heavy atom. The zero-order valence-electron chi connectivity index (χ0n) is 20.8. The number of likely N-dealkylation sites (tertiary alicyclic amines) is 1. The number of rotatable bonds is 6. The van der Waals surface area contributed by atoms with Crippen LogP contribution < -0.4 is 10.2 Å². The summed E-state index contributed by atoms with van der Waals surface area (Å²) in [6.45, 7) is 4.38. The molecule has 3 aliphatic rings. The maximum atomic E-state index is 5.22. The van der Waals surface area contributed by atoms with Gasteiger partial charge < -0.3 is 10.2 Å². The van der Waals surface area contributed by atoms with Crippen molar-refractivity contribution in [3.8, 4) is 11.3 Å². The minimum Gasteiger partial charge on any atom is -0.364 e. The Labute approximate surface area is 212 Å². The Morgan fingerprint density at radius 3 is 2.58 bits per heavy atom. The molecule has 4 aromatic rings. The number of hydrogen-bond acceptors (Lipinski definition) is 6. The summed E-state index contributed by atoms with van der Waals surface area (Å²) in [6, 6.07) is 18.8. The van der Waals surface area contributed by atoms with Gasteiger partial charge in [0.1, 0.15) is 11.5 Å². The number of fused-ring (bicyclic) bond motifs is 3. The number of pyridine rings is 1. The first-order chi connectivity index (χ1) is 17.7. The zero-order chi connectivity index (χ0) is 24.1. The van der Waals surface area contributed by atoms with Crippen LogP contribution in [-0.2, 0) is 0 Å². The Morgan fingerprint density at radius 2 is 1.78 bits per heavy atom. The lowest BCUT2D eigenvalue weighted by Crippen LogP contribution is -2.50. The second-order valence-corrected chi connectivity index (χ2v) is 10.6. The molecule has 2 bridgehead atoms. The predicted molar refractivity (Wildman–Crippen MR) is 143 cm³/mol. The normalized spacial score (nSPS) is 23.1. The molecule has 7 nitrogen and oxygen atoms in total. The largest absolute Gasteiger partial charge is 0.364 e. The van der Waals surface area contributed by atoms with E-state index in [2.05, 4.69) is 72.8 Å². The fourth-order valence-electron chi connectivity index (χ4n) is 6.60. The zero-order valence-corrected chi connectivity index (χ0v) is 20.8. The summed E-state index contributed by atoms with van der Waals surface area (Å²) < 4.78 is 2.15. The first-order valence-corrected chi connectivity index (χ1v) is 13.4. The number of nitrogens with one attached hydrogen (secondary N) is 1. The minimum atomic E-state index is 0.162. The van der Waals surface area contributed by atoms with Crippen LogP contribution in [0.25, 0.3) is 16.9 Å². The molecule has 1 aliphatic carbocycles. The van der Waals surface area contributed by atoms with Crippen LogP contribution in [-0.4, -0.2) is 55.5 Å². The lowest BCUT2D eigenvalue weighted by molar-refractivity contribution is 0.170. The van der Waals surface area contributed by atoms with Gasteiger partial charge in [-0.2, -0.15) is 0 Å². The lowest BCUT2D eigenvalue weighted by atomic mass is 10.1. The molecule has 1 N–H and O–H groups in total. The number of anilines is 2. The third-order valence-corrected chi connectivity index (χ3v) is 8.42. The molecule has 0 radical (unpaired) electrons. The maximum absolute atomic E-state index is 5.22. The molecule has 1 aromatic carbocycles. The number of imidazole rings is 1. The number of piperazine rings is 1. The van der Waals surface area contributed by atoms with Gasteiger partial charge in [0.05, 0.1) is 5.69 Å². The van der Waals surface area contributed by atoms with E-state index in [0.717, 1.165) is 47.8 Å². The first-order valence-electron chi connectivity index (χ1n) is 13.4. The van der Waals surface area contributed by atoms with E-state index in [4.69, 9.17) is 4.98 Å². The highest BCUT2D eigenvalue weighted by molar-refractivity contribution is 5.68. The van der Waals surface area contributed by atoms with Gasteiger partial charge in [0, 0.05) is 67.5 Å². The minimum absolute atomic E-state index is 0.162. The van der Waals surface area contributed by atoms with Crippen LogP contribution in [0.2, 0.25) is 0 Å². The standard InChI is InChI=1S/C29H33N7/c1-20(21-7-3-2-4-8-21)32-27-15-22(11-12-30-27)26-17-28-31-13-14-34(28)29(33-26)36-19-24-16-25(36)18-35(24)23-9-5-6-10-23/h2-4,7-8,11-15,17,20,23-25H,5-6,9-10,16,18-19H2,1H3,(H,30,32)/t20-,24-,25-/m0/s1. The average molecular weight is 480 g/mol. The van der Waals surface area contributed by atoms with Gasteiger partial charge in [-0.1, -0.05) is 43.2 Å². The molecule has 1 saturated carbocycles. The van der Waals surface area contributed by atoms with E-state index >= 15 is 0 Å². The summed E-state index contributed by atoms with van der Waals surface area (Å²) in [5.41, 5.74) is 4.17. The fraction of sp³-hybridized carbons (Fsp3) is 0.414. The van der Waals surface area contributed by atoms with Crippen molar-refractivity contribution in [3.63, 3.8) is 0 Å². The Hall–Kier alpha value is -3.45. The van der Waals surface area contributed by atoms with E-state index in [0.29, 0.717) is 12.1 Å². The molecule has 3 atom stereocenters. The third-order valence-electron chi connectivity index (χ3n) is 8.42. The van der Waals surface area contributed by atoms with Gasteiger partial charge >= 0.3 is 0 Å². The highest BCUT2D eigenvalue weighted by Crippen LogP contribution is 2.39. The molecule has 0 amide bonds. The van der Waals surface area contributed by atoms with Crippen molar-refractivity contribution in [1.29, 1.82) is 0 Å². The van der Waals surface area contributed by atoms with E-state index in [1.54, 1.807) is 0 Å². The van der Waals surface area contributed by atoms with Crippen molar-refractivity contribution in [2.24, 2.45) is 0 Å². The smallest absolute Gasteiger partial charge is 0.212 e. The van der Waals surface area contributed by atoms with Gasteiger partial charge in [0.15, 0.2) is 0 Å². The highest BCUT2D eigenvalue weighted by atomic mass is 15.4. The summed E-state index contributed by atoms with van der Waals surface area (Å²) in [4.78, 5) is 19.8. The summed E-state index contributed by atoms with van der Waals surface area (Å²) in [7, 11) is 0. The number of benzene rings is 1.